The Balaban J connectivity index is 1.90. The molecule has 1 heterocycles. The zero-order valence-corrected chi connectivity index (χ0v) is 16.8. The molecule has 146 valence electrons. The molecular formula is C21H32FNO3. The third-order valence-electron chi connectivity index (χ3n) is 5.16. The van der Waals surface area contributed by atoms with Crippen LogP contribution in [0.4, 0.5) is 4.39 Å². The van der Waals surface area contributed by atoms with Crippen LogP contribution in [0.2, 0.25) is 0 Å². The number of likely N-dealkylation sites (tertiary alicyclic amines) is 1. The van der Waals surface area contributed by atoms with Gasteiger partial charge in [-0.1, -0.05) is 12.1 Å². The number of nitrogens with zero attached hydrogens (tertiary/aromatic N) is 1. The molecule has 1 saturated heterocycles. The molecule has 0 amide bonds. The second-order valence-corrected chi connectivity index (χ2v) is 8.86. The van der Waals surface area contributed by atoms with E-state index in [-0.39, 0.29) is 24.0 Å². The molecule has 0 bridgehead atoms. The lowest BCUT2D eigenvalue weighted by molar-refractivity contribution is -0.156. The number of hydrogen-bond donors (Lipinski definition) is 0. The molecule has 1 aromatic carbocycles. The van der Waals surface area contributed by atoms with E-state index in [9.17, 15) is 9.18 Å². The van der Waals surface area contributed by atoms with Crippen LogP contribution >= 0.6 is 0 Å². The Bertz CT molecular complexity index is 607. The molecule has 1 fully saturated rings. The van der Waals surface area contributed by atoms with Gasteiger partial charge in [0, 0.05) is 24.5 Å². The molecule has 4 nitrogen and oxygen atoms in total. The zero-order chi connectivity index (χ0) is 19.5. The molecule has 1 aliphatic rings. The van der Waals surface area contributed by atoms with Gasteiger partial charge in [0.25, 0.3) is 0 Å². The van der Waals surface area contributed by atoms with Crippen molar-refractivity contribution in [2.45, 2.75) is 59.4 Å². The molecule has 0 saturated carbocycles. The Labute approximate surface area is 156 Å². The summed E-state index contributed by atoms with van der Waals surface area (Å²) in [5, 5.41) is 0. The highest BCUT2D eigenvalue weighted by atomic mass is 19.1. The highest BCUT2D eigenvalue weighted by Crippen LogP contribution is 2.36. The second-order valence-electron chi connectivity index (χ2n) is 8.86. The highest BCUT2D eigenvalue weighted by molar-refractivity contribution is 5.75. The van der Waals surface area contributed by atoms with Gasteiger partial charge >= 0.3 is 5.97 Å². The van der Waals surface area contributed by atoms with Gasteiger partial charge in [-0.2, -0.15) is 0 Å². The lowest BCUT2D eigenvalue weighted by Gasteiger charge is -2.32. The van der Waals surface area contributed by atoms with Crippen molar-refractivity contribution in [2.24, 2.45) is 11.3 Å². The first-order chi connectivity index (χ1) is 12.0. The molecule has 0 aliphatic carbocycles. The van der Waals surface area contributed by atoms with E-state index in [2.05, 4.69) is 25.7 Å². The van der Waals surface area contributed by atoms with E-state index in [1.165, 1.54) is 0 Å². The number of esters is 1. The first kappa shape index (κ1) is 20.7. The number of methoxy groups -OCH3 is 1. The fourth-order valence-electron chi connectivity index (χ4n) is 3.38. The maximum atomic E-state index is 14.5. The standard InChI is InChI=1S/C21H32FNO3/c1-20(2,3)23-12-16(18(22)13-23)11-21(4,5)19(24)26-14-15-7-9-17(25-6)10-8-15/h7-10,16,18H,11-14H2,1-6H3. The number of benzene rings is 1. The minimum atomic E-state index is -0.900. The van der Waals surface area contributed by atoms with E-state index in [1.54, 1.807) is 7.11 Å². The molecule has 2 atom stereocenters. The minimum absolute atomic E-state index is 0.0574. The summed E-state index contributed by atoms with van der Waals surface area (Å²) in [6.07, 6.45) is -0.412. The largest absolute Gasteiger partial charge is 0.497 e. The SMILES string of the molecule is COc1ccc(COC(=O)C(C)(C)CC2CN(C(C)(C)C)CC2F)cc1. The van der Waals surface area contributed by atoms with Crippen LogP contribution < -0.4 is 4.74 Å². The predicted molar refractivity (Wildman–Crippen MR) is 101 cm³/mol. The van der Waals surface area contributed by atoms with Crippen molar-refractivity contribution in [1.29, 1.82) is 0 Å². The van der Waals surface area contributed by atoms with Crippen molar-refractivity contribution in [1.82, 2.24) is 4.90 Å². The van der Waals surface area contributed by atoms with E-state index >= 15 is 0 Å². The predicted octanol–water partition coefficient (Wildman–Crippen LogP) is 4.22. The van der Waals surface area contributed by atoms with Crippen LogP contribution in [0.15, 0.2) is 24.3 Å². The number of carbonyl (C=O) groups is 1. The molecule has 2 rings (SSSR count). The van der Waals surface area contributed by atoms with Gasteiger partial charge in [0.1, 0.15) is 18.5 Å². The lowest BCUT2D eigenvalue weighted by atomic mass is 9.82. The van der Waals surface area contributed by atoms with Crippen molar-refractivity contribution in [3.63, 3.8) is 0 Å². The normalized spacial score (nSPS) is 21.7. The summed E-state index contributed by atoms with van der Waals surface area (Å²) in [6.45, 7) is 11.3. The quantitative estimate of drug-likeness (QED) is 0.708. The first-order valence-corrected chi connectivity index (χ1v) is 9.22. The van der Waals surface area contributed by atoms with Crippen LogP contribution in [0.3, 0.4) is 0 Å². The average molecular weight is 365 g/mol. The summed E-state index contributed by atoms with van der Waals surface area (Å²) in [6, 6.07) is 7.41. The van der Waals surface area contributed by atoms with Crippen molar-refractivity contribution >= 4 is 5.97 Å². The summed E-state index contributed by atoms with van der Waals surface area (Å²) < 4.78 is 25.1. The van der Waals surface area contributed by atoms with Gasteiger partial charge < -0.3 is 9.47 Å². The molecule has 0 spiro atoms. The van der Waals surface area contributed by atoms with Gasteiger partial charge in [-0.25, -0.2) is 4.39 Å². The van der Waals surface area contributed by atoms with Crippen molar-refractivity contribution in [2.75, 3.05) is 20.2 Å². The Kier molecular flexibility index (Phi) is 6.33. The fourth-order valence-corrected chi connectivity index (χ4v) is 3.38. The van der Waals surface area contributed by atoms with Gasteiger partial charge in [-0.15, -0.1) is 0 Å². The molecule has 26 heavy (non-hydrogen) atoms. The number of hydrogen-bond acceptors (Lipinski definition) is 4. The Morgan fingerprint density at radius 3 is 2.27 bits per heavy atom. The summed E-state index contributed by atoms with van der Waals surface area (Å²) in [4.78, 5) is 14.7. The molecular weight excluding hydrogens is 333 g/mol. The number of halogens is 1. The Hall–Kier alpha value is -1.62. The molecule has 0 radical (unpaired) electrons. The van der Waals surface area contributed by atoms with E-state index < -0.39 is 11.6 Å². The third-order valence-corrected chi connectivity index (χ3v) is 5.16. The van der Waals surface area contributed by atoms with Crippen LogP contribution in [-0.2, 0) is 16.1 Å². The molecule has 1 aromatic rings. The van der Waals surface area contributed by atoms with Crippen LogP contribution in [0.25, 0.3) is 0 Å². The van der Waals surface area contributed by atoms with E-state index in [1.807, 2.05) is 38.1 Å². The monoisotopic (exact) mass is 365 g/mol. The van der Waals surface area contributed by atoms with Crippen molar-refractivity contribution in [3.05, 3.63) is 29.8 Å². The van der Waals surface area contributed by atoms with Gasteiger partial charge in [-0.3, -0.25) is 9.69 Å². The fraction of sp³-hybridized carbons (Fsp3) is 0.667. The average Bonchev–Trinajstić information content (AvgIpc) is 2.93. The van der Waals surface area contributed by atoms with Gasteiger partial charge in [0.05, 0.1) is 12.5 Å². The molecule has 1 aliphatic heterocycles. The number of carbonyl (C=O) groups excluding carboxylic acids is 1. The van der Waals surface area contributed by atoms with Crippen molar-refractivity contribution < 1.29 is 18.7 Å². The topological polar surface area (TPSA) is 38.8 Å². The summed E-state index contributed by atoms with van der Waals surface area (Å²) in [7, 11) is 1.61. The molecule has 5 heteroatoms. The number of alkyl halides is 1. The highest BCUT2D eigenvalue weighted by Gasteiger charge is 2.42. The Morgan fingerprint density at radius 2 is 1.77 bits per heavy atom. The zero-order valence-electron chi connectivity index (χ0n) is 16.8. The number of ether oxygens (including phenoxy) is 2. The minimum Gasteiger partial charge on any atom is -0.497 e. The summed E-state index contributed by atoms with van der Waals surface area (Å²) in [5.41, 5.74) is 0.131. The molecule has 0 N–H and O–H groups in total. The van der Waals surface area contributed by atoms with Crippen molar-refractivity contribution in [3.8, 4) is 5.75 Å². The van der Waals surface area contributed by atoms with E-state index in [0.29, 0.717) is 19.5 Å². The first-order valence-electron chi connectivity index (χ1n) is 9.22. The smallest absolute Gasteiger partial charge is 0.311 e. The van der Waals surface area contributed by atoms with Gasteiger partial charge in [0.2, 0.25) is 0 Å². The lowest BCUT2D eigenvalue weighted by Crippen LogP contribution is -2.40. The van der Waals surface area contributed by atoms with Gasteiger partial charge in [0.15, 0.2) is 0 Å². The molecule has 0 aromatic heterocycles. The van der Waals surface area contributed by atoms with Gasteiger partial charge in [-0.05, 0) is 58.7 Å². The van der Waals surface area contributed by atoms with Crippen LogP contribution in [0, 0.1) is 11.3 Å². The third kappa shape index (κ3) is 5.19. The Morgan fingerprint density at radius 1 is 1.15 bits per heavy atom. The second kappa shape index (κ2) is 7.95. The van der Waals surface area contributed by atoms with E-state index in [0.717, 1.165) is 11.3 Å². The maximum Gasteiger partial charge on any atom is 0.311 e. The van der Waals surface area contributed by atoms with E-state index in [4.69, 9.17) is 9.47 Å². The van der Waals surface area contributed by atoms with Crippen LogP contribution in [0.5, 0.6) is 5.75 Å². The number of rotatable bonds is 6. The summed E-state index contributed by atoms with van der Waals surface area (Å²) in [5.74, 6) is 0.339. The molecule has 2 unspecified atom stereocenters. The van der Waals surface area contributed by atoms with Crippen LogP contribution in [-0.4, -0.2) is 42.8 Å². The maximum absolute atomic E-state index is 14.5. The summed E-state index contributed by atoms with van der Waals surface area (Å²) >= 11 is 0. The van der Waals surface area contributed by atoms with Crippen LogP contribution in [0.1, 0.15) is 46.6 Å².